The number of aromatic nitrogens is 1. The highest BCUT2D eigenvalue weighted by Crippen LogP contribution is 2.16. The van der Waals surface area contributed by atoms with E-state index in [1.165, 1.54) is 12.3 Å². The van der Waals surface area contributed by atoms with Crippen molar-refractivity contribution in [2.24, 2.45) is 0 Å². The number of carboxylic acids is 1. The number of anilines is 2. The lowest BCUT2D eigenvalue weighted by Crippen LogP contribution is -2.06. The van der Waals surface area contributed by atoms with Crippen molar-refractivity contribution in [2.45, 2.75) is 6.54 Å². The summed E-state index contributed by atoms with van der Waals surface area (Å²) in [7, 11) is 0. The molecule has 88 valence electrons. The number of nitrogen functional groups attached to an aromatic ring is 1. The third kappa shape index (κ3) is 2.73. The smallest absolute Gasteiger partial charge is 0.337 e. The largest absolute Gasteiger partial charge is 0.478 e. The minimum absolute atomic E-state index is 0.0636. The van der Waals surface area contributed by atoms with E-state index in [9.17, 15) is 4.79 Å². The molecule has 2 aromatic heterocycles. The Labute approximate surface area is 102 Å². The zero-order valence-corrected chi connectivity index (χ0v) is 9.70. The average Bonchev–Trinajstić information content (AvgIpc) is 2.80. The maximum Gasteiger partial charge on any atom is 0.337 e. The molecule has 0 saturated carbocycles. The second kappa shape index (κ2) is 4.84. The fourth-order valence-corrected chi connectivity index (χ4v) is 1.98. The van der Waals surface area contributed by atoms with Crippen molar-refractivity contribution in [3.8, 4) is 0 Å². The first kappa shape index (κ1) is 11.4. The molecule has 2 rings (SSSR count). The molecule has 0 spiro atoms. The van der Waals surface area contributed by atoms with Crippen LogP contribution in [-0.4, -0.2) is 16.1 Å². The van der Waals surface area contributed by atoms with Crippen LogP contribution in [0.1, 0.15) is 15.2 Å². The third-order valence-electron chi connectivity index (χ3n) is 2.19. The molecule has 0 aliphatic heterocycles. The lowest BCUT2D eigenvalue weighted by Gasteiger charge is -2.06. The van der Waals surface area contributed by atoms with E-state index in [0.717, 1.165) is 4.88 Å². The van der Waals surface area contributed by atoms with Crippen LogP contribution in [-0.2, 0) is 6.54 Å². The van der Waals surface area contributed by atoms with E-state index in [2.05, 4.69) is 10.3 Å². The fraction of sp³-hybridized carbons (Fsp3) is 0.0909. The summed E-state index contributed by atoms with van der Waals surface area (Å²) in [6.07, 6.45) is 1.35. The lowest BCUT2D eigenvalue weighted by molar-refractivity contribution is 0.0698. The molecule has 2 aromatic rings. The van der Waals surface area contributed by atoms with Gasteiger partial charge in [-0.1, -0.05) is 6.07 Å². The molecule has 0 amide bonds. The molecule has 0 aromatic carbocycles. The number of nitrogens with two attached hydrogens (primary N) is 1. The van der Waals surface area contributed by atoms with Gasteiger partial charge in [-0.15, -0.1) is 11.3 Å². The van der Waals surface area contributed by atoms with Crippen LogP contribution in [0.3, 0.4) is 0 Å². The second-order valence-electron chi connectivity index (χ2n) is 3.39. The summed E-state index contributed by atoms with van der Waals surface area (Å²) in [4.78, 5) is 16.1. The molecule has 0 bridgehead atoms. The van der Waals surface area contributed by atoms with Gasteiger partial charge in [-0.3, -0.25) is 0 Å². The number of thiophene rings is 1. The molecule has 5 nitrogen and oxygen atoms in total. The van der Waals surface area contributed by atoms with Gasteiger partial charge in [0.2, 0.25) is 0 Å². The first-order valence-electron chi connectivity index (χ1n) is 4.92. The Hall–Kier alpha value is -2.08. The SMILES string of the molecule is Nc1cnc(NCc2cccs2)cc1C(=O)O. The van der Waals surface area contributed by atoms with Gasteiger partial charge >= 0.3 is 5.97 Å². The minimum Gasteiger partial charge on any atom is -0.478 e. The van der Waals surface area contributed by atoms with Crippen LogP contribution in [0.4, 0.5) is 11.5 Å². The van der Waals surface area contributed by atoms with Crippen molar-refractivity contribution in [2.75, 3.05) is 11.1 Å². The number of nitrogens with zero attached hydrogens (tertiary/aromatic N) is 1. The molecular formula is C11H11N3O2S. The van der Waals surface area contributed by atoms with Crippen molar-refractivity contribution < 1.29 is 9.90 Å². The maximum absolute atomic E-state index is 10.9. The summed E-state index contributed by atoms with van der Waals surface area (Å²) in [6.45, 7) is 0.619. The molecule has 0 saturated heterocycles. The summed E-state index contributed by atoms with van der Waals surface area (Å²) in [5, 5.41) is 13.9. The highest BCUT2D eigenvalue weighted by molar-refractivity contribution is 7.09. The molecule has 0 aliphatic rings. The number of aromatic carboxylic acids is 1. The Morgan fingerprint density at radius 2 is 2.41 bits per heavy atom. The molecule has 0 unspecified atom stereocenters. The van der Waals surface area contributed by atoms with Crippen LogP contribution in [0, 0.1) is 0 Å². The Morgan fingerprint density at radius 1 is 1.59 bits per heavy atom. The number of hydrogen-bond donors (Lipinski definition) is 3. The van der Waals surface area contributed by atoms with Crippen molar-refractivity contribution in [1.82, 2.24) is 4.98 Å². The predicted molar refractivity (Wildman–Crippen MR) is 67.3 cm³/mol. The molecule has 6 heteroatoms. The monoisotopic (exact) mass is 249 g/mol. The summed E-state index contributed by atoms with van der Waals surface area (Å²) >= 11 is 1.62. The molecule has 17 heavy (non-hydrogen) atoms. The molecule has 0 aliphatic carbocycles. The van der Waals surface area contributed by atoms with E-state index in [0.29, 0.717) is 12.4 Å². The van der Waals surface area contributed by atoms with E-state index in [-0.39, 0.29) is 11.3 Å². The van der Waals surface area contributed by atoms with Gasteiger partial charge in [-0.05, 0) is 17.5 Å². The van der Waals surface area contributed by atoms with Crippen LogP contribution >= 0.6 is 11.3 Å². The molecule has 2 heterocycles. The van der Waals surface area contributed by atoms with Crippen LogP contribution in [0.2, 0.25) is 0 Å². The number of rotatable bonds is 4. The van der Waals surface area contributed by atoms with Gasteiger partial charge in [-0.2, -0.15) is 0 Å². The number of nitrogens with one attached hydrogen (secondary N) is 1. The maximum atomic E-state index is 10.9. The van der Waals surface area contributed by atoms with E-state index in [1.807, 2.05) is 17.5 Å². The molecular weight excluding hydrogens is 238 g/mol. The van der Waals surface area contributed by atoms with E-state index >= 15 is 0 Å². The fourth-order valence-electron chi connectivity index (χ4n) is 1.34. The minimum atomic E-state index is -1.05. The Morgan fingerprint density at radius 3 is 3.06 bits per heavy atom. The van der Waals surface area contributed by atoms with Crippen molar-refractivity contribution >= 4 is 28.8 Å². The first-order chi connectivity index (χ1) is 8.16. The predicted octanol–water partition coefficient (Wildman–Crippen LogP) is 2.04. The van der Waals surface area contributed by atoms with Gasteiger partial charge in [0, 0.05) is 4.88 Å². The Bertz CT molecular complexity index is 526. The normalized spacial score (nSPS) is 10.1. The van der Waals surface area contributed by atoms with E-state index < -0.39 is 5.97 Å². The van der Waals surface area contributed by atoms with Gasteiger partial charge in [-0.25, -0.2) is 9.78 Å². The second-order valence-corrected chi connectivity index (χ2v) is 4.43. The van der Waals surface area contributed by atoms with Crippen molar-refractivity contribution in [3.63, 3.8) is 0 Å². The van der Waals surface area contributed by atoms with Crippen LogP contribution < -0.4 is 11.1 Å². The average molecular weight is 249 g/mol. The quantitative estimate of drug-likeness (QED) is 0.771. The molecule has 0 fully saturated rings. The van der Waals surface area contributed by atoms with Crippen molar-refractivity contribution in [1.29, 1.82) is 0 Å². The number of pyridine rings is 1. The van der Waals surface area contributed by atoms with Crippen LogP contribution in [0.25, 0.3) is 0 Å². The Kier molecular flexibility index (Phi) is 3.24. The van der Waals surface area contributed by atoms with E-state index in [1.54, 1.807) is 11.3 Å². The van der Waals surface area contributed by atoms with Gasteiger partial charge in [0.15, 0.2) is 0 Å². The molecule has 0 atom stereocenters. The topological polar surface area (TPSA) is 88.2 Å². The van der Waals surface area contributed by atoms with Crippen molar-refractivity contribution in [3.05, 3.63) is 40.2 Å². The first-order valence-corrected chi connectivity index (χ1v) is 5.80. The van der Waals surface area contributed by atoms with E-state index in [4.69, 9.17) is 10.8 Å². The zero-order valence-electron chi connectivity index (χ0n) is 8.88. The summed E-state index contributed by atoms with van der Waals surface area (Å²) in [6, 6.07) is 5.39. The van der Waals surface area contributed by atoms with Gasteiger partial charge in [0.1, 0.15) is 5.82 Å². The number of carbonyl (C=O) groups is 1. The van der Waals surface area contributed by atoms with Gasteiger partial charge in [0.05, 0.1) is 24.0 Å². The highest BCUT2D eigenvalue weighted by Gasteiger charge is 2.09. The summed E-state index contributed by atoms with van der Waals surface area (Å²) < 4.78 is 0. The van der Waals surface area contributed by atoms with Crippen LogP contribution in [0.15, 0.2) is 29.8 Å². The van der Waals surface area contributed by atoms with Crippen LogP contribution in [0.5, 0.6) is 0 Å². The van der Waals surface area contributed by atoms with Gasteiger partial charge < -0.3 is 16.2 Å². The van der Waals surface area contributed by atoms with Gasteiger partial charge in [0.25, 0.3) is 0 Å². The Balaban J connectivity index is 2.11. The number of carboxylic acid groups (broad SMARTS) is 1. The standard InChI is InChI=1S/C11H11N3O2S/c12-9-6-14-10(4-8(9)11(15)16)13-5-7-2-1-3-17-7/h1-4,6H,5,12H2,(H,13,14)(H,15,16). The summed E-state index contributed by atoms with van der Waals surface area (Å²) in [5.41, 5.74) is 5.74. The third-order valence-corrected chi connectivity index (χ3v) is 3.07. The summed E-state index contributed by atoms with van der Waals surface area (Å²) in [5.74, 6) is -0.547. The lowest BCUT2D eigenvalue weighted by atomic mass is 10.2. The molecule has 4 N–H and O–H groups in total. The zero-order chi connectivity index (χ0) is 12.3. The number of hydrogen-bond acceptors (Lipinski definition) is 5. The molecule has 0 radical (unpaired) electrons. The highest BCUT2D eigenvalue weighted by atomic mass is 32.1.